The van der Waals surface area contributed by atoms with Gasteiger partial charge in [-0.1, -0.05) is 22.0 Å². The van der Waals surface area contributed by atoms with E-state index in [2.05, 4.69) is 51.7 Å². The molecule has 76 valence electrons. The van der Waals surface area contributed by atoms with E-state index in [0.29, 0.717) is 12.0 Å². The molecule has 0 aromatic heterocycles. The monoisotopic (exact) mass is 254 g/mol. The Morgan fingerprint density at radius 1 is 1.57 bits per heavy atom. The number of rotatable bonds is 2. The maximum absolute atomic E-state index is 3.62. The highest BCUT2D eigenvalue weighted by molar-refractivity contribution is 9.10. The Bertz CT molecular complexity index is 338. The molecule has 0 saturated carbocycles. The van der Waals surface area contributed by atoms with Crippen LogP contribution in [0.5, 0.6) is 0 Å². The van der Waals surface area contributed by atoms with Gasteiger partial charge in [0.05, 0.1) is 0 Å². The van der Waals surface area contributed by atoms with Crippen molar-refractivity contribution < 1.29 is 0 Å². The molecular formula is C11H15BrN2. The zero-order valence-corrected chi connectivity index (χ0v) is 10.1. The molecule has 2 rings (SSSR count). The summed E-state index contributed by atoms with van der Waals surface area (Å²) in [4.78, 5) is 0. The summed E-state index contributed by atoms with van der Waals surface area (Å²) >= 11 is 3.62. The van der Waals surface area contributed by atoms with E-state index in [1.807, 2.05) is 7.05 Å². The minimum atomic E-state index is 0.502. The van der Waals surface area contributed by atoms with E-state index in [9.17, 15) is 0 Å². The fourth-order valence-electron chi connectivity index (χ4n) is 2.02. The first kappa shape index (κ1) is 9.99. The maximum atomic E-state index is 3.62. The van der Waals surface area contributed by atoms with Gasteiger partial charge in [0.2, 0.25) is 0 Å². The van der Waals surface area contributed by atoms with Crippen LogP contribution < -0.4 is 10.6 Å². The molecule has 0 amide bonds. The largest absolute Gasteiger partial charge is 0.384 e. The Kier molecular flexibility index (Phi) is 2.79. The molecule has 1 aromatic rings. The number of nitrogens with one attached hydrogen (secondary N) is 2. The molecule has 1 aromatic carbocycles. The summed E-state index contributed by atoms with van der Waals surface area (Å²) in [7, 11) is 2.01. The Balaban J connectivity index is 2.38. The molecule has 2 nitrogen and oxygen atoms in total. The molecule has 1 aliphatic heterocycles. The lowest BCUT2D eigenvalue weighted by Crippen LogP contribution is -2.30. The van der Waals surface area contributed by atoms with E-state index in [-0.39, 0.29) is 0 Å². The van der Waals surface area contributed by atoms with Gasteiger partial charge in [0, 0.05) is 28.7 Å². The van der Waals surface area contributed by atoms with Crippen LogP contribution in [0.1, 0.15) is 18.4 Å². The van der Waals surface area contributed by atoms with Crippen LogP contribution in [-0.2, 0) is 0 Å². The van der Waals surface area contributed by atoms with Crippen LogP contribution in [0.25, 0.3) is 0 Å². The predicted octanol–water partition coefficient (Wildman–Crippen LogP) is 2.57. The predicted molar refractivity (Wildman–Crippen MR) is 63.9 cm³/mol. The molecular weight excluding hydrogens is 240 g/mol. The zero-order chi connectivity index (χ0) is 10.1. The van der Waals surface area contributed by atoms with Gasteiger partial charge < -0.3 is 10.6 Å². The zero-order valence-electron chi connectivity index (χ0n) is 8.47. The van der Waals surface area contributed by atoms with Gasteiger partial charge >= 0.3 is 0 Å². The lowest BCUT2D eigenvalue weighted by molar-refractivity contribution is 0.521. The standard InChI is InChI=1S/C11H15BrN2/c1-7(13-2)8-6-14-10-5-3-4-9(12)11(8)10/h3-5,7-8,13-14H,6H2,1-2H3. The molecule has 2 N–H and O–H groups in total. The molecule has 0 bridgehead atoms. The number of hydrogen-bond acceptors (Lipinski definition) is 2. The highest BCUT2D eigenvalue weighted by Gasteiger charge is 2.27. The highest BCUT2D eigenvalue weighted by Crippen LogP contribution is 2.38. The topological polar surface area (TPSA) is 24.1 Å². The van der Waals surface area contributed by atoms with Crippen molar-refractivity contribution in [2.45, 2.75) is 18.9 Å². The Hall–Kier alpha value is -0.540. The second-order valence-corrected chi connectivity index (χ2v) is 4.62. The van der Waals surface area contributed by atoms with Crippen molar-refractivity contribution >= 4 is 21.6 Å². The summed E-state index contributed by atoms with van der Waals surface area (Å²) in [5.74, 6) is 0.561. The van der Waals surface area contributed by atoms with Crippen LogP contribution in [0.2, 0.25) is 0 Å². The van der Waals surface area contributed by atoms with E-state index < -0.39 is 0 Å². The number of fused-ring (bicyclic) bond motifs is 1. The Labute approximate surface area is 93.2 Å². The molecule has 0 saturated heterocycles. The molecule has 0 spiro atoms. The molecule has 0 radical (unpaired) electrons. The normalized spacial score (nSPS) is 21.5. The summed E-state index contributed by atoms with van der Waals surface area (Å²) in [5.41, 5.74) is 2.68. The third-order valence-electron chi connectivity index (χ3n) is 3.00. The Morgan fingerprint density at radius 3 is 3.07 bits per heavy atom. The lowest BCUT2D eigenvalue weighted by atomic mass is 9.95. The van der Waals surface area contributed by atoms with Gasteiger partial charge in [-0.3, -0.25) is 0 Å². The minimum Gasteiger partial charge on any atom is -0.384 e. The third-order valence-corrected chi connectivity index (χ3v) is 3.69. The molecule has 3 heteroatoms. The molecule has 1 aliphatic rings. The van der Waals surface area contributed by atoms with Crippen LogP contribution in [0, 0.1) is 0 Å². The average molecular weight is 255 g/mol. The number of benzene rings is 1. The number of halogens is 1. The number of anilines is 1. The smallest absolute Gasteiger partial charge is 0.0388 e. The molecule has 14 heavy (non-hydrogen) atoms. The molecule has 2 atom stereocenters. The lowest BCUT2D eigenvalue weighted by Gasteiger charge is -2.19. The summed E-state index contributed by atoms with van der Waals surface area (Å²) in [6, 6.07) is 6.83. The maximum Gasteiger partial charge on any atom is 0.0388 e. The molecule has 1 heterocycles. The molecule has 0 aliphatic carbocycles. The second-order valence-electron chi connectivity index (χ2n) is 3.77. The van der Waals surface area contributed by atoms with E-state index in [1.165, 1.54) is 15.7 Å². The van der Waals surface area contributed by atoms with E-state index in [0.717, 1.165) is 6.54 Å². The number of likely N-dealkylation sites (N-methyl/N-ethyl adjacent to an activating group) is 1. The fraction of sp³-hybridized carbons (Fsp3) is 0.455. The van der Waals surface area contributed by atoms with Crippen LogP contribution in [0.3, 0.4) is 0 Å². The van der Waals surface area contributed by atoms with Crippen molar-refractivity contribution in [2.75, 3.05) is 18.9 Å². The van der Waals surface area contributed by atoms with Gasteiger partial charge in [0.15, 0.2) is 0 Å². The average Bonchev–Trinajstić information content (AvgIpc) is 2.62. The van der Waals surface area contributed by atoms with E-state index in [4.69, 9.17) is 0 Å². The van der Waals surface area contributed by atoms with Crippen LogP contribution in [0.4, 0.5) is 5.69 Å². The van der Waals surface area contributed by atoms with Gasteiger partial charge in [0.25, 0.3) is 0 Å². The first-order chi connectivity index (χ1) is 6.74. The number of hydrogen-bond donors (Lipinski definition) is 2. The van der Waals surface area contributed by atoms with Gasteiger partial charge in [-0.25, -0.2) is 0 Å². The summed E-state index contributed by atoms with van der Waals surface area (Å²) < 4.78 is 1.21. The fourth-order valence-corrected chi connectivity index (χ4v) is 2.68. The third kappa shape index (κ3) is 1.55. The molecule has 2 unspecified atom stereocenters. The summed E-state index contributed by atoms with van der Waals surface area (Å²) in [6.45, 7) is 3.25. The van der Waals surface area contributed by atoms with Gasteiger partial charge in [0.1, 0.15) is 0 Å². The first-order valence-corrected chi connectivity index (χ1v) is 5.73. The van der Waals surface area contributed by atoms with Crippen LogP contribution >= 0.6 is 15.9 Å². The van der Waals surface area contributed by atoms with Gasteiger partial charge in [-0.15, -0.1) is 0 Å². The summed E-state index contributed by atoms with van der Waals surface area (Å²) in [6.07, 6.45) is 0. The van der Waals surface area contributed by atoms with Crippen molar-refractivity contribution in [2.24, 2.45) is 0 Å². The highest BCUT2D eigenvalue weighted by atomic mass is 79.9. The van der Waals surface area contributed by atoms with Gasteiger partial charge in [-0.2, -0.15) is 0 Å². The Morgan fingerprint density at radius 2 is 2.36 bits per heavy atom. The van der Waals surface area contributed by atoms with Crippen LogP contribution in [0.15, 0.2) is 22.7 Å². The van der Waals surface area contributed by atoms with Crippen molar-refractivity contribution in [3.63, 3.8) is 0 Å². The van der Waals surface area contributed by atoms with Gasteiger partial charge in [-0.05, 0) is 31.7 Å². The first-order valence-electron chi connectivity index (χ1n) is 4.93. The van der Waals surface area contributed by atoms with Crippen LogP contribution in [-0.4, -0.2) is 19.6 Å². The van der Waals surface area contributed by atoms with Crippen molar-refractivity contribution in [1.29, 1.82) is 0 Å². The SMILES string of the molecule is CNC(C)C1CNc2cccc(Br)c21. The van der Waals surface area contributed by atoms with E-state index in [1.54, 1.807) is 0 Å². The van der Waals surface area contributed by atoms with Crippen molar-refractivity contribution in [1.82, 2.24) is 5.32 Å². The second kappa shape index (κ2) is 3.91. The minimum absolute atomic E-state index is 0.502. The van der Waals surface area contributed by atoms with E-state index >= 15 is 0 Å². The van der Waals surface area contributed by atoms with Crippen molar-refractivity contribution in [3.8, 4) is 0 Å². The summed E-state index contributed by atoms with van der Waals surface area (Å²) in [5, 5.41) is 6.75. The van der Waals surface area contributed by atoms with Crippen molar-refractivity contribution in [3.05, 3.63) is 28.2 Å². The molecule has 0 fully saturated rings. The quantitative estimate of drug-likeness (QED) is 0.848.